The Bertz CT molecular complexity index is 1030. The Hall–Kier alpha value is -3.41. The highest BCUT2D eigenvalue weighted by Crippen LogP contribution is 2.38. The van der Waals surface area contributed by atoms with E-state index in [0.717, 1.165) is 29.9 Å². The molecule has 6 heteroatoms. The van der Waals surface area contributed by atoms with E-state index >= 15 is 0 Å². The minimum absolute atomic E-state index is 0.148. The predicted molar refractivity (Wildman–Crippen MR) is 109 cm³/mol. The number of aromatic nitrogens is 2. The first-order chi connectivity index (χ1) is 13.7. The van der Waals surface area contributed by atoms with Crippen LogP contribution >= 0.6 is 0 Å². The van der Waals surface area contributed by atoms with Crippen LogP contribution in [0.5, 0.6) is 0 Å². The number of nitrogens with one attached hydrogen (secondary N) is 2. The topological polar surface area (TPSA) is 76.0 Å². The van der Waals surface area contributed by atoms with Gasteiger partial charge in [-0.1, -0.05) is 30.3 Å². The minimum atomic E-state index is -0.189. The average Bonchev–Trinajstić information content (AvgIpc) is 3.56. The molecule has 0 unspecified atom stereocenters. The summed E-state index contributed by atoms with van der Waals surface area (Å²) in [6.45, 7) is 0.680. The lowest BCUT2D eigenvalue weighted by atomic mass is 10.1. The Morgan fingerprint density at radius 2 is 1.75 bits per heavy atom. The Morgan fingerprint density at radius 3 is 2.54 bits per heavy atom. The first-order valence-electron chi connectivity index (χ1n) is 9.48. The van der Waals surface area contributed by atoms with Crippen molar-refractivity contribution >= 4 is 17.3 Å². The molecule has 2 aromatic carbocycles. The van der Waals surface area contributed by atoms with Crippen molar-refractivity contribution in [3.8, 4) is 0 Å². The van der Waals surface area contributed by atoms with Crippen LogP contribution in [0.1, 0.15) is 34.8 Å². The average molecular weight is 374 g/mol. The van der Waals surface area contributed by atoms with Gasteiger partial charge in [0, 0.05) is 24.2 Å². The van der Waals surface area contributed by atoms with E-state index in [1.165, 1.54) is 4.68 Å². The number of para-hydroxylation sites is 2. The lowest BCUT2D eigenvalue weighted by molar-refractivity contribution is 0.0952. The summed E-state index contributed by atoms with van der Waals surface area (Å²) in [5, 5.41) is 10.6. The summed E-state index contributed by atoms with van der Waals surface area (Å²) < 4.78 is 1.43. The third-order valence-corrected chi connectivity index (χ3v) is 4.72. The van der Waals surface area contributed by atoms with Crippen molar-refractivity contribution < 1.29 is 4.79 Å². The molecule has 0 atom stereocenters. The van der Waals surface area contributed by atoms with Crippen LogP contribution in [0.2, 0.25) is 0 Å². The molecule has 1 fully saturated rings. The maximum absolute atomic E-state index is 12.7. The molecule has 6 nitrogen and oxygen atoms in total. The fraction of sp³-hybridized carbons (Fsp3) is 0.227. The zero-order valence-corrected chi connectivity index (χ0v) is 15.5. The standard InChI is InChI=1S/C22H22N4O2/c27-21-13-12-19(16-10-11-16)25-26(21)15-14-23-22(28)18-8-4-5-9-20(18)24-17-6-2-1-3-7-17/h1-9,12-13,16,24H,10-11,14-15H2,(H,23,28). The molecule has 0 aliphatic heterocycles. The molecule has 1 saturated carbocycles. The van der Waals surface area contributed by atoms with Gasteiger partial charge in [-0.05, 0) is 43.2 Å². The molecule has 1 aromatic heterocycles. The van der Waals surface area contributed by atoms with Crippen LogP contribution in [0.25, 0.3) is 0 Å². The molecule has 1 aliphatic carbocycles. The van der Waals surface area contributed by atoms with Crippen LogP contribution in [0.4, 0.5) is 11.4 Å². The molecule has 0 bridgehead atoms. The van der Waals surface area contributed by atoms with Gasteiger partial charge in [0.05, 0.1) is 23.5 Å². The largest absolute Gasteiger partial charge is 0.355 e. The molecule has 0 saturated heterocycles. The maximum atomic E-state index is 12.7. The number of anilines is 2. The van der Waals surface area contributed by atoms with E-state index in [1.54, 1.807) is 18.2 Å². The summed E-state index contributed by atoms with van der Waals surface area (Å²) in [5.41, 5.74) is 3.01. The summed E-state index contributed by atoms with van der Waals surface area (Å²) in [6, 6.07) is 20.4. The lowest BCUT2D eigenvalue weighted by Gasteiger charge is -2.13. The molecular formula is C22H22N4O2. The third-order valence-electron chi connectivity index (χ3n) is 4.72. The Morgan fingerprint density at radius 1 is 1.00 bits per heavy atom. The van der Waals surface area contributed by atoms with Gasteiger partial charge in [-0.3, -0.25) is 9.59 Å². The number of hydrogen-bond acceptors (Lipinski definition) is 4. The molecule has 1 amide bonds. The number of rotatable bonds is 7. The number of nitrogens with zero attached hydrogens (tertiary/aromatic N) is 2. The summed E-state index contributed by atoms with van der Waals surface area (Å²) in [6.07, 6.45) is 2.26. The highest BCUT2D eigenvalue weighted by molar-refractivity contribution is 6.00. The normalized spacial score (nSPS) is 13.1. The monoisotopic (exact) mass is 374 g/mol. The molecular weight excluding hydrogens is 352 g/mol. The van der Waals surface area contributed by atoms with E-state index in [2.05, 4.69) is 15.7 Å². The van der Waals surface area contributed by atoms with Gasteiger partial charge < -0.3 is 10.6 Å². The molecule has 28 heavy (non-hydrogen) atoms. The molecule has 3 aromatic rings. The summed E-state index contributed by atoms with van der Waals surface area (Å²) in [4.78, 5) is 24.7. The predicted octanol–water partition coefficient (Wildman–Crippen LogP) is 3.29. The fourth-order valence-corrected chi connectivity index (χ4v) is 3.06. The van der Waals surface area contributed by atoms with Gasteiger partial charge in [-0.15, -0.1) is 0 Å². The van der Waals surface area contributed by atoms with Crippen LogP contribution in [0.3, 0.4) is 0 Å². The van der Waals surface area contributed by atoms with Gasteiger partial charge in [0.1, 0.15) is 0 Å². The van der Waals surface area contributed by atoms with Crippen LogP contribution in [-0.2, 0) is 6.54 Å². The summed E-state index contributed by atoms with van der Waals surface area (Å²) >= 11 is 0. The van der Waals surface area contributed by atoms with Gasteiger partial charge in [0.25, 0.3) is 11.5 Å². The van der Waals surface area contributed by atoms with Gasteiger partial charge in [0.2, 0.25) is 0 Å². The van der Waals surface area contributed by atoms with Crippen LogP contribution < -0.4 is 16.2 Å². The molecule has 2 N–H and O–H groups in total. The Balaban J connectivity index is 1.41. The number of carbonyl (C=O) groups is 1. The first kappa shape index (κ1) is 18.0. The van der Waals surface area contributed by atoms with E-state index in [0.29, 0.717) is 24.6 Å². The summed E-state index contributed by atoms with van der Waals surface area (Å²) in [7, 11) is 0. The van der Waals surface area contributed by atoms with Gasteiger partial charge in [0.15, 0.2) is 0 Å². The fourth-order valence-electron chi connectivity index (χ4n) is 3.06. The van der Waals surface area contributed by atoms with Crippen molar-refractivity contribution in [2.45, 2.75) is 25.3 Å². The molecule has 4 rings (SSSR count). The highest BCUT2D eigenvalue weighted by atomic mass is 16.2. The number of carbonyl (C=O) groups excluding carboxylic acids is 1. The van der Waals surface area contributed by atoms with Crippen molar-refractivity contribution in [2.75, 3.05) is 11.9 Å². The highest BCUT2D eigenvalue weighted by Gasteiger charge is 2.25. The molecule has 0 radical (unpaired) electrons. The van der Waals surface area contributed by atoms with Crippen molar-refractivity contribution in [2.24, 2.45) is 0 Å². The van der Waals surface area contributed by atoms with E-state index < -0.39 is 0 Å². The second-order valence-electron chi connectivity index (χ2n) is 6.89. The van der Waals surface area contributed by atoms with E-state index in [1.807, 2.05) is 48.5 Å². The number of amides is 1. The Labute approximate surface area is 163 Å². The second-order valence-corrected chi connectivity index (χ2v) is 6.89. The maximum Gasteiger partial charge on any atom is 0.266 e. The third kappa shape index (κ3) is 4.28. The molecule has 1 aliphatic rings. The van der Waals surface area contributed by atoms with Crippen molar-refractivity contribution in [3.63, 3.8) is 0 Å². The van der Waals surface area contributed by atoms with E-state index in [9.17, 15) is 9.59 Å². The van der Waals surface area contributed by atoms with Crippen molar-refractivity contribution in [3.05, 3.63) is 88.3 Å². The summed E-state index contributed by atoms with van der Waals surface area (Å²) in [5.74, 6) is 0.294. The zero-order valence-electron chi connectivity index (χ0n) is 15.5. The van der Waals surface area contributed by atoms with Gasteiger partial charge in [-0.2, -0.15) is 5.10 Å². The van der Waals surface area contributed by atoms with Crippen LogP contribution in [0.15, 0.2) is 71.5 Å². The zero-order chi connectivity index (χ0) is 19.3. The minimum Gasteiger partial charge on any atom is -0.355 e. The van der Waals surface area contributed by atoms with E-state index in [-0.39, 0.29) is 11.5 Å². The van der Waals surface area contributed by atoms with Crippen molar-refractivity contribution in [1.82, 2.24) is 15.1 Å². The smallest absolute Gasteiger partial charge is 0.266 e. The van der Waals surface area contributed by atoms with E-state index in [4.69, 9.17) is 0 Å². The van der Waals surface area contributed by atoms with Crippen molar-refractivity contribution in [1.29, 1.82) is 0 Å². The molecule has 142 valence electrons. The first-order valence-corrected chi connectivity index (χ1v) is 9.48. The number of hydrogen-bond donors (Lipinski definition) is 2. The quantitative estimate of drug-likeness (QED) is 0.665. The van der Waals surface area contributed by atoms with Gasteiger partial charge >= 0.3 is 0 Å². The molecule has 1 heterocycles. The van der Waals surface area contributed by atoms with Gasteiger partial charge in [-0.25, -0.2) is 4.68 Å². The van der Waals surface area contributed by atoms with Crippen LogP contribution in [0, 0.1) is 0 Å². The number of benzene rings is 2. The lowest BCUT2D eigenvalue weighted by Crippen LogP contribution is -2.32. The molecule has 0 spiro atoms. The second kappa shape index (κ2) is 8.08. The SMILES string of the molecule is O=C(NCCn1nc(C2CC2)ccc1=O)c1ccccc1Nc1ccccc1. The van der Waals surface area contributed by atoms with Crippen LogP contribution in [-0.4, -0.2) is 22.2 Å². The Kier molecular flexibility index (Phi) is 5.19.